The summed E-state index contributed by atoms with van der Waals surface area (Å²) in [5.74, 6) is 0. The molecule has 2 N–H and O–H groups in total. The maximum absolute atomic E-state index is 6.04. The lowest BCUT2D eigenvalue weighted by Gasteiger charge is -1.99. The van der Waals surface area contributed by atoms with Gasteiger partial charge in [0.1, 0.15) is 5.52 Å². The molecule has 0 fully saturated rings. The Morgan fingerprint density at radius 1 is 1.33 bits per heavy atom. The van der Waals surface area contributed by atoms with Gasteiger partial charge in [-0.15, -0.1) is 0 Å². The Kier molecular flexibility index (Phi) is 2.65. The molecule has 0 saturated heterocycles. The highest BCUT2D eigenvalue weighted by Gasteiger charge is 2.15. The molecule has 2 aromatic rings. The van der Waals surface area contributed by atoms with Crippen molar-refractivity contribution >= 4 is 26.7 Å². The SMILES string of the molecule is CCC[n+]1c(N)sc2c(C)cc(C)cc21. The van der Waals surface area contributed by atoms with Gasteiger partial charge in [-0.1, -0.05) is 13.0 Å². The molecule has 0 saturated carbocycles. The van der Waals surface area contributed by atoms with Gasteiger partial charge in [0.25, 0.3) is 0 Å². The summed E-state index contributed by atoms with van der Waals surface area (Å²) in [4.78, 5) is 0. The van der Waals surface area contributed by atoms with Crippen LogP contribution in [0.25, 0.3) is 10.2 Å². The van der Waals surface area contributed by atoms with Crippen molar-refractivity contribution in [2.24, 2.45) is 0 Å². The van der Waals surface area contributed by atoms with E-state index in [1.807, 2.05) is 0 Å². The maximum Gasteiger partial charge on any atom is 0.332 e. The number of thiazole rings is 1. The zero-order chi connectivity index (χ0) is 11.0. The molecule has 1 aromatic heterocycles. The van der Waals surface area contributed by atoms with E-state index >= 15 is 0 Å². The van der Waals surface area contributed by atoms with Crippen LogP contribution in [0.4, 0.5) is 5.13 Å². The molecule has 0 amide bonds. The van der Waals surface area contributed by atoms with Gasteiger partial charge in [0.2, 0.25) is 0 Å². The molecule has 15 heavy (non-hydrogen) atoms. The predicted molar refractivity (Wildman–Crippen MR) is 66.2 cm³/mol. The van der Waals surface area contributed by atoms with E-state index < -0.39 is 0 Å². The predicted octanol–water partition coefficient (Wildman–Crippen LogP) is 2.80. The molecular formula is C12H17N2S+. The molecule has 2 rings (SSSR count). The minimum atomic E-state index is 0.917. The molecule has 0 atom stereocenters. The number of rotatable bonds is 2. The van der Waals surface area contributed by atoms with Crippen LogP contribution in [0.1, 0.15) is 24.5 Å². The second-order valence-electron chi connectivity index (χ2n) is 4.02. The number of aryl methyl sites for hydroxylation is 3. The first-order valence-corrected chi connectivity index (χ1v) is 6.14. The van der Waals surface area contributed by atoms with Gasteiger partial charge in [0, 0.05) is 0 Å². The molecule has 0 aliphatic carbocycles. The number of nitrogens with zero attached hydrogens (tertiary/aromatic N) is 1. The van der Waals surface area contributed by atoms with Crippen molar-refractivity contribution in [1.29, 1.82) is 0 Å². The highest BCUT2D eigenvalue weighted by atomic mass is 32.1. The molecule has 2 nitrogen and oxygen atoms in total. The number of nitrogen functional groups attached to an aromatic ring is 1. The Morgan fingerprint density at radius 3 is 2.73 bits per heavy atom. The molecule has 0 spiro atoms. The summed E-state index contributed by atoms with van der Waals surface area (Å²) >= 11 is 1.69. The van der Waals surface area contributed by atoms with Gasteiger partial charge in [0.15, 0.2) is 0 Å². The minimum absolute atomic E-state index is 0.917. The second-order valence-corrected chi connectivity index (χ2v) is 5.05. The minimum Gasteiger partial charge on any atom is -0.278 e. The first-order chi connectivity index (χ1) is 7.13. The van der Waals surface area contributed by atoms with Crippen molar-refractivity contribution in [3.63, 3.8) is 0 Å². The van der Waals surface area contributed by atoms with Crippen LogP contribution in [0.15, 0.2) is 12.1 Å². The fourth-order valence-electron chi connectivity index (χ4n) is 2.00. The van der Waals surface area contributed by atoms with Crippen LogP contribution in [0.3, 0.4) is 0 Å². The lowest BCUT2D eigenvalue weighted by atomic mass is 10.1. The van der Waals surface area contributed by atoms with Crippen LogP contribution in [0, 0.1) is 13.8 Å². The third kappa shape index (κ3) is 1.72. The Morgan fingerprint density at radius 2 is 2.07 bits per heavy atom. The zero-order valence-corrected chi connectivity index (χ0v) is 10.3. The smallest absolute Gasteiger partial charge is 0.278 e. The summed E-state index contributed by atoms with van der Waals surface area (Å²) in [5, 5.41) is 0.917. The van der Waals surface area contributed by atoms with Crippen molar-refractivity contribution in [2.45, 2.75) is 33.7 Å². The first kappa shape index (κ1) is 10.4. The van der Waals surface area contributed by atoms with Gasteiger partial charge in [-0.25, -0.2) is 4.57 Å². The van der Waals surface area contributed by atoms with Gasteiger partial charge in [0.05, 0.1) is 11.2 Å². The normalized spacial score (nSPS) is 11.1. The van der Waals surface area contributed by atoms with Gasteiger partial charge >= 0.3 is 5.13 Å². The molecule has 0 aliphatic heterocycles. The van der Waals surface area contributed by atoms with Crippen LogP contribution in [0.2, 0.25) is 0 Å². The average molecular weight is 221 g/mol. The quantitative estimate of drug-likeness (QED) is 0.776. The topological polar surface area (TPSA) is 29.9 Å². The monoisotopic (exact) mass is 221 g/mol. The number of anilines is 1. The van der Waals surface area contributed by atoms with Crippen molar-refractivity contribution in [3.8, 4) is 0 Å². The molecule has 0 unspecified atom stereocenters. The number of nitrogens with two attached hydrogens (primary N) is 1. The van der Waals surface area contributed by atoms with E-state index in [2.05, 4.69) is 37.5 Å². The van der Waals surface area contributed by atoms with E-state index in [-0.39, 0.29) is 0 Å². The van der Waals surface area contributed by atoms with Crippen LogP contribution < -0.4 is 10.3 Å². The molecular weight excluding hydrogens is 204 g/mol. The Hall–Kier alpha value is -1.09. The first-order valence-electron chi connectivity index (χ1n) is 5.32. The fourth-order valence-corrected chi connectivity index (χ4v) is 3.00. The molecule has 0 radical (unpaired) electrons. The third-order valence-corrected chi connectivity index (χ3v) is 3.77. The summed E-state index contributed by atoms with van der Waals surface area (Å²) in [7, 11) is 0. The van der Waals surface area contributed by atoms with E-state index in [4.69, 9.17) is 5.73 Å². The number of hydrogen-bond acceptors (Lipinski definition) is 2. The van der Waals surface area contributed by atoms with Gasteiger partial charge in [-0.2, -0.15) is 0 Å². The van der Waals surface area contributed by atoms with Crippen LogP contribution >= 0.6 is 11.3 Å². The van der Waals surface area contributed by atoms with E-state index in [0.29, 0.717) is 0 Å². The molecule has 0 bridgehead atoms. The summed E-state index contributed by atoms with van der Waals surface area (Å²) in [6, 6.07) is 4.44. The summed E-state index contributed by atoms with van der Waals surface area (Å²) in [6.07, 6.45) is 1.12. The van der Waals surface area contributed by atoms with Crippen molar-refractivity contribution in [2.75, 3.05) is 5.73 Å². The highest BCUT2D eigenvalue weighted by Crippen LogP contribution is 2.26. The summed E-state index contributed by atoms with van der Waals surface area (Å²) < 4.78 is 3.55. The second kappa shape index (κ2) is 3.81. The number of aromatic nitrogens is 1. The highest BCUT2D eigenvalue weighted by molar-refractivity contribution is 7.21. The zero-order valence-electron chi connectivity index (χ0n) is 9.50. The fraction of sp³-hybridized carbons (Fsp3) is 0.417. The molecule has 0 aliphatic rings. The maximum atomic E-state index is 6.04. The lowest BCUT2D eigenvalue weighted by Crippen LogP contribution is -2.34. The Bertz CT molecular complexity index is 500. The average Bonchev–Trinajstić information content (AvgIpc) is 2.46. The summed E-state index contributed by atoms with van der Waals surface area (Å²) in [6.45, 7) is 7.48. The lowest BCUT2D eigenvalue weighted by molar-refractivity contribution is -0.653. The van der Waals surface area contributed by atoms with E-state index in [0.717, 1.165) is 18.1 Å². The summed E-state index contributed by atoms with van der Waals surface area (Å²) in [5.41, 5.74) is 9.97. The van der Waals surface area contributed by atoms with E-state index in [9.17, 15) is 0 Å². The number of fused-ring (bicyclic) bond motifs is 1. The van der Waals surface area contributed by atoms with Crippen molar-refractivity contribution in [3.05, 3.63) is 23.3 Å². The van der Waals surface area contributed by atoms with E-state index in [1.165, 1.54) is 21.3 Å². The van der Waals surface area contributed by atoms with Crippen LogP contribution in [0.5, 0.6) is 0 Å². The standard InChI is InChI=1S/C12H16N2S/c1-4-5-14-10-7-8(2)6-9(3)11(10)15-12(14)13/h6-7,13H,4-5H2,1-3H3/p+1. The van der Waals surface area contributed by atoms with Crippen molar-refractivity contribution in [1.82, 2.24) is 0 Å². The van der Waals surface area contributed by atoms with E-state index in [1.54, 1.807) is 11.3 Å². The number of hydrogen-bond donors (Lipinski definition) is 1. The van der Waals surface area contributed by atoms with Gasteiger partial charge in [-0.3, -0.25) is 5.73 Å². The molecule has 80 valence electrons. The Labute approximate surface area is 94.3 Å². The van der Waals surface area contributed by atoms with Crippen LogP contribution in [-0.2, 0) is 6.54 Å². The van der Waals surface area contributed by atoms with Crippen LogP contribution in [-0.4, -0.2) is 0 Å². The molecule has 1 aromatic carbocycles. The van der Waals surface area contributed by atoms with Gasteiger partial charge < -0.3 is 0 Å². The van der Waals surface area contributed by atoms with Crippen molar-refractivity contribution < 1.29 is 4.57 Å². The molecule has 1 heterocycles. The van der Waals surface area contributed by atoms with Gasteiger partial charge in [-0.05, 0) is 48.8 Å². The largest absolute Gasteiger partial charge is 0.332 e. The Balaban J connectivity index is 2.74. The third-order valence-electron chi connectivity index (χ3n) is 2.61. The number of benzene rings is 1. The molecule has 3 heteroatoms.